The fraction of sp³-hybridized carbons (Fsp3) is 0.190. The van der Waals surface area contributed by atoms with E-state index in [2.05, 4.69) is 4.57 Å². The number of nitro benzene ring substituents is 1. The summed E-state index contributed by atoms with van der Waals surface area (Å²) < 4.78 is 7.28. The minimum Gasteiger partial charge on any atom is -0.490 e. The molecule has 1 aromatic heterocycles. The maximum Gasteiger partial charge on any atom is 0.311 e. The Labute approximate surface area is 161 Å². The summed E-state index contributed by atoms with van der Waals surface area (Å²) >= 11 is 0. The number of ether oxygens (including phenoxy) is 1. The molecule has 0 radical (unpaired) electrons. The Morgan fingerprint density at radius 3 is 2.68 bits per heavy atom. The van der Waals surface area contributed by atoms with E-state index in [9.17, 15) is 14.9 Å². The van der Waals surface area contributed by atoms with Gasteiger partial charge >= 0.3 is 5.69 Å². The first-order valence-corrected chi connectivity index (χ1v) is 8.86. The Hall–Kier alpha value is -3.61. The number of benzene rings is 2. The van der Waals surface area contributed by atoms with Crippen molar-refractivity contribution >= 4 is 17.3 Å². The monoisotopic (exact) mass is 377 g/mol. The number of para-hydroxylation sites is 1. The standard InChI is InChI=1S/C21H19N3O4/c1-14-10-19(24(26)27)20(28-2)11-17(14)21(25)23-13-16-7-5-9-22(16)12-15-6-3-4-8-18(15)23/h3-11H,12-13H2,1-2H3. The molecule has 28 heavy (non-hydrogen) atoms. The molecule has 3 aromatic rings. The van der Waals surface area contributed by atoms with Crippen LogP contribution < -0.4 is 9.64 Å². The van der Waals surface area contributed by atoms with Gasteiger partial charge in [-0.25, -0.2) is 0 Å². The van der Waals surface area contributed by atoms with Crippen LogP contribution in [0.4, 0.5) is 11.4 Å². The maximum atomic E-state index is 13.5. The average Bonchev–Trinajstić information content (AvgIpc) is 3.06. The fourth-order valence-electron chi connectivity index (χ4n) is 3.62. The van der Waals surface area contributed by atoms with Gasteiger partial charge in [0.1, 0.15) is 0 Å². The highest BCUT2D eigenvalue weighted by Gasteiger charge is 2.28. The second-order valence-electron chi connectivity index (χ2n) is 6.74. The highest BCUT2D eigenvalue weighted by molar-refractivity contribution is 6.08. The molecule has 0 saturated heterocycles. The number of nitro groups is 1. The van der Waals surface area contributed by atoms with Gasteiger partial charge in [-0.15, -0.1) is 0 Å². The van der Waals surface area contributed by atoms with Gasteiger partial charge in [-0.2, -0.15) is 0 Å². The fourth-order valence-corrected chi connectivity index (χ4v) is 3.62. The quantitative estimate of drug-likeness (QED) is 0.512. The zero-order valence-electron chi connectivity index (χ0n) is 15.6. The van der Waals surface area contributed by atoms with Crippen molar-refractivity contribution in [2.24, 2.45) is 0 Å². The molecule has 2 aromatic carbocycles. The highest BCUT2D eigenvalue weighted by Crippen LogP contribution is 2.33. The smallest absolute Gasteiger partial charge is 0.311 e. The number of aromatic nitrogens is 1. The summed E-state index contributed by atoms with van der Waals surface area (Å²) in [6.45, 7) is 2.80. The number of anilines is 1. The zero-order valence-corrected chi connectivity index (χ0v) is 15.6. The van der Waals surface area contributed by atoms with Crippen LogP contribution in [0.2, 0.25) is 0 Å². The molecule has 2 heterocycles. The second-order valence-corrected chi connectivity index (χ2v) is 6.74. The summed E-state index contributed by atoms with van der Waals surface area (Å²) in [5, 5.41) is 11.3. The Kier molecular flexibility index (Phi) is 4.35. The number of hydrogen-bond acceptors (Lipinski definition) is 4. The number of nitrogens with zero attached hydrogens (tertiary/aromatic N) is 3. The number of hydrogen-bond donors (Lipinski definition) is 0. The summed E-state index contributed by atoms with van der Waals surface area (Å²) in [5.74, 6) is -0.141. The molecule has 0 N–H and O–H groups in total. The summed E-state index contributed by atoms with van der Waals surface area (Å²) in [7, 11) is 1.36. The Morgan fingerprint density at radius 1 is 1.14 bits per heavy atom. The molecule has 0 atom stereocenters. The molecule has 0 bridgehead atoms. The molecule has 7 heteroatoms. The third-order valence-corrected chi connectivity index (χ3v) is 5.06. The Morgan fingerprint density at radius 2 is 1.93 bits per heavy atom. The Balaban J connectivity index is 1.83. The van der Waals surface area contributed by atoms with Crippen LogP contribution in [0, 0.1) is 17.0 Å². The summed E-state index contributed by atoms with van der Waals surface area (Å²) in [6.07, 6.45) is 2.00. The maximum absolute atomic E-state index is 13.5. The first-order chi connectivity index (χ1) is 13.5. The molecule has 1 aliphatic rings. The van der Waals surface area contributed by atoms with Gasteiger partial charge in [-0.1, -0.05) is 18.2 Å². The zero-order chi connectivity index (χ0) is 19.8. The van der Waals surface area contributed by atoms with Crippen molar-refractivity contribution in [1.82, 2.24) is 4.57 Å². The van der Waals surface area contributed by atoms with Gasteiger partial charge in [0, 0.05) is 41.8 Å². The van der Waals surface area contributed by atoms with Crippen molar-refractivity contribution in [1.29, 1.82) is 0 Å². The topological polar surface area (TPSA) is 77.6 Å². The molecule has 142 valence electrons. The van der Waals surface area contributed by atoms with Crippen molar-refractivity contribution in [3.63, 3.8) is 0 Å². The first kappa shape index (κ1) is 17.8. The summed E-state index contributed by atoms with van der Waals surface area (Å²) in [5.41, 5.74) is 3.68. The normalized spacial score (nSPS) is 12.7. The van der Waals surface area contributed by atoms with E-state index in [0.717, 1.165) is 16.9 Å². The molecule has 0 saturated carbocycles. The molecule has 0 fully saturated rings. The second kappa shape index (κ2) is 6.84. The summed E-state index contributed by atoms with van der Waals surface area (Å²) in [4.78, 5) is 26.0. The van der Waals surface area contributed by atoms with Crippen LogP contribution in [0.5, 0.6) is 5.75 Å². The molecule has 1 amide bonds. The molecule has 7 nitrogen and oxygen atoms in total. The van der Waals surface area contributed by atoms with Crippen molar-refractivity contribution in [2.75, 3.05) is 12.0 Å². The summed E-state index contributed by atoms with van der Waals surface area (Å²) in [6, 6.07) is 14.6. The lowest BCUT2D eigenvalue weighted by Crippen LogP contribution is -2.31. The van der Waals surface area contributed by atoms with E-state index in [1.165, 1.54) is 19.2 Å². The number of carbonyl (C=O) groups excluding carboxylic acids is 1. The SMILES string of the molecule is COc1cc(C(=O)N2Cc3cccn3Cc3ccccc32)c(C)cc1[N+](=O)[O-]. The van der Waals surface area contributed by atoms with Gasteiger partial charge in [0.05, 0.1) is 18.6 Å². The number of methoxy groups -OCH3 is 1. The number of aryl methyl sites for hydroxylation is 1. The molecule has 1 aliphatic heterocycles. The lowest BCUT2D eigenvalue weighted by atomic mass is 10.0. The van der Waals surface area contributed by atoms with E-state index < -0.39 is 4.92 Å². The van der Waals surface area contributed by atoms with E-state index in [0.29, 0.717) is 24.2 Å². The number of fused-ring (bicyclic) bond motifs is 2. The van der Waals surface area contributed by atoms with Crippen molar-refractivity contribution in [2.45, 2.75) is 20.0 Å². The first-order valence-electron chi connectivity index (χ1n) is 8.86. The van der Waals surface area contributed by atoms with Crippen LogP contribution in [0.1, 0.15) is 27.2 Å². The van der Waals surface area contributed by atoms with E-state index in [1.807, 2.05) is 42.6 Å². The van der Waals surface area contributed by atoms with Crippen LogP contribution in [0.25, 0.3) is 0 Å². The minimum absolute atomic E-state index is 0.0745. The number of amides is 1. The van der Waals surface area contributed by atoms with Crippen molar-refractivity contribution in [3.05, 3.63) is 87.2 Å². The van der Waals surface area contributed by atoms with Gasteiger partial charge in [0.2, 0.25) is 0 Å². The highest BCUT2D eigenvalue weighted by atomic mass is 16.6. The van der Waals surface area contributed by atoms with Crippen LogP contribution >= 0.6 is 0 Å². The predicted octanol–water partition coefficient (Wildman–Crippen LogP) is 3.92. The van der Waals surface area contributed by atoms with Crippen molar-refractivity contribution in [3.8, 4) is 5.75 Å². The van der Waals surface area contributed by atoms with Gasteiger partial charge in [0.15, 0.2) is 5.75 Å². The van der Waals surface area contributed by atoms with Gasteiger partial charge in [-0.05, 0) is 36.2 Å². The molecule has 0 aliphatic carbocycles. The van der Waals surface area contributed by atoms with Crippen LogP contribution in [-0.2, 0) is 13.1 Å². The molecule has 0 spiro atoms. The van der Waals surface area contributed by atoms with E-state index in [1.54, 1.807) is 11.8 Å². The average molecular weight is 377 g/mol. The lowest BCUT2D eigenvalue weighted by Gasteiger charge is -2.23. The number of carbonyl (C=O) groups is 1. The molecule has 0 unspecified atom stereocenters. The Bertz CT molecular complexity index is 1090. The van der Waals surface area contributed by atoms with Gasteiger partial charge < -0.3 is 14.2 Å². The largest absolute Gasteiger partial charge is 0.490 e. The van der Waals surface area contributed by atoms with Gasteiger partial charge in [0.25, 0.3) is 5.91 Å². The van der Waals surface area contributed by atoms with Gasteiger partial charge in [-0.3, -0.25) is 14.9 Å². The lowest BCUT2D eigenvalue weighted by molar-refractivity contribution is -0.385. The predicted molar refractivity (Wildman–Crippen MR) is 105 cm³/mol. The molecule has 4 rings (SSSR count). The number of rotatable bonds is 3. The van der Waals surface area contributed by atoms with E-state index in [4.69, 9.17) is 4.74 Å². The molecular weight excluding hydrogens is 358 g/mol. The van der Waals surface area contributed by atoms with Crippen LogP contribution in [-0.4, -0.2) is 22.5 Å². The van der Waals surface area contributed by atoms with E-state index in [-0.39, 0.29) is 17.3 Å². The molecular formula is C21H19N3O4. The van der Waals surface area contributed by atoms with Crippen molar-refractivity contribution < 1.29 is 14.5 Å². The third kappa shape index (κ3) is 2.90. The van der Waals surface area contributed by atoms with Crippen LogP contribution in [0.3, 0.4) is 0 Å². The minimum atomic E-state index is -0.506. The van der Waals surface area contributed by atoms with E-state index >= 15 is 0 Å². The van der Waals surface area contributed by atoms with Crippen LogP contribution in [0.15, 0.2) is 54.7 Å². The third-order valence-electron chi connectivity index (χ3n) is 5.06.